The average Bonchev–Trinajstić information content (AvgIpc) is 2.71. The number of hydrogen-bond acceptors (Lipinski definition) is 2. The van der Waals surface area contributed by atoms with E-state index >= 15 is 0 Å². The van der Waals surface area contributed by atoms with Crippen LogP contribution in [0, 0.1) is 0 Å². The van der Waals surface area contributed by atoms with E-state index in [0.29, 0.717) is 0 Å². The summed E-state index contributed by atoms with van der Waals surface area (Å²) < 4.78 is 0. The van der Waals surface area contributed by atoms with E-state index in [9.17, 15) is 0 Å². The van der Waals surface area contributed by atoms with Crippen LogP contribution in [0.15, 0.2) is 24.5 Å². The number of rotatable bonds is 0. The topological polar surface area (TPSA) is 57.4 Å². The van der Waals surface area contributed by atoms with Crippen LogP contribution in [-0.2, 0) is 0 Å². The molecule has 0 aliphatic carbocycles. The molecule has 3 aromatic rings. The minimum atomic E-state index is 0.940. The van der Waals surface area contributed by atoms with Crippen LogP contribution in [0.3, 0.4) is 0 Å². The lowest BCUT2D eigenvalue weighted by atomic mass is 10.2. The number of aromatic amines is 2. The molecule has 3 rings (SSSR count). The standard InChI is InChI=1S/C8H6N4/c1-2-7-8(11-12-10-7)6-4-9-3-5(1)6/h1-4,11-12H. The smallest absolute Gasteiger partial charge is 0.111 e. The molecule has 0 spiro atoms. The van der Waals surface area contributed by atoms with Crippen molar-refractivity contribution in [3.63, 3.8) is 0 Å². The fraction of sp³-hybridized carbons (Fsp3) is 0. The van der Waals surface area contributed by atoms with Gasteiger partial charge in [0.2, 0.25) is 0 Å². The first-order valence-electron chi connectivity index (χ1n) is 3.70. The Bertz CT molecular complexity index is 484. The molecule has 4 heteroatoms. The summed E-state index contributed by atoms with van der Waals surface area (Å²) in [5.74, 6) is 0. The highest BCUT2D eigenvalue weighted by Gasteiger charge is 2.02. The second-order valence-electron chi connectivity index (χ2n) is 2.72. The third-order valence-electron chi connectivity index (χ3n) is 2.03. The van der Waals surface area contributed by atoms with Gasteiger partial charge in [-0.1, -0.05) is 6.07 Å². The third kappa shape index (κ3) is 0.567. The van der Waals surface area contributed by atoms with Crippen LogP contribution in [-0.4, -0.2) is 20.4 Å². The molecule has 1 aromatic carbocycles. The van der Waals surface area contributed by atoms with Gasteiger partial charge in [-0.05, 0) is 6.07 Å². The summed E-state index contributed by atoms with van der Waals surface area (Å²) in [5, 5.41) is 12.0. The molecular formula is C8H6N4. The first-order chi connectivity index (χ1) is 5.95. The van der Waals surface area contributed by atoms with Crippen molar-refractivity contribution in [1.82, 2.24) is 20.4 Å². The Morgan fingerprint density at radius 3 is 3.17 bits per heavy atom. The van der Waals surface area contributed by atoms with E-state index < -0.39 is 0 Å². The number of fused-ring (bicyclic) bond motifs is 3. The van der Waals surface area contributed by atoms with Crippen molar-refractivity contribution in [2.24, 2.45) is 0 Å². The predicted octanol–water partition coefficient (Wildman–Crippen LogP) is 1.44. The summed E-state index contributed by atoms with van der Waals surface area (Å²) in [6, 6.07) is 3.98. The van der Waals surface area contributed by atoms with Gasteiger partial charge in [-0.3, -0.25) is 10.1 Å². The van der Waals surface area contributed by atoms with Crippen LogP contribution in [0.2, 0.25) is 0 Å². The third-order valence-corrected chi connectivity index (χ3v) is 2.03. The molecule has 12 heavy (non-hydrogen) atoms. The van der Waals surface area contributed by atoms with Gasteiger partial charge in [0, 0.05) is 23.2 Å². The molecule has 0 aliphatic rings. The van der Waals surface area contributed by atoms with Gasteiger partial charge in [0.1, 0.15) is 5.52 Å². The summed E-state index contributed by atoms with van der Waals surface area (Å²) in [4.78, 5) is 4.07. The van der Waals surface area contributed by atoms with Crippen molar-refractivity contribution in [3.8, 4) is 0 Å². The quantitative estimate of drug-likeness (QED) is 0.520. The molecule has 2 heterocycles. The Labute approximate surface area is 67.6 Å². The number of nitrogens with zero attached hydrogens (tertiary/aromatic N) is 2. The molecule has 2 N–H and O–H groups in total. The number of benzene rings is 1. The summed E-state index contributed by atoms with van der Waals surface area (Å²) in [6.07, 6.45) is 3.68. The molecular weight excluding hydrogens is 152 g/mol. The first kappa shape index (κ1) is 5.77. The zero-order chi connectivity index (χ0) is 7.97. The largest absolute Gasteiger partial charge is 0.282 e. The molecule has 0 fully saturated rings. The zero-order valence-corrected chi connectivity index (χ0v) is 6.20. The number of aromatic nitrogens is 4. The predicted molar refractivity (Wildman–Crippen MR) is 45.7 cm³/mol. The maximum absolute atomic E-state index is 4.07. The Morgan fingerprint density at radius 2 is 2.17 bits per heavy atom. The molecule has 58 valence electrons. The maximum Gasteiger partial charge on any atom is 0.111 e. The average molecular weight is 158 g/mol. The number of nitrogens with one attached hydrogen (secondary N) is 2. The van der Waals surface area contributed by atoms with Crippen LogP contribution in [0.1, 0.15) is 0 Å². The van der Waals surface area contributed by atoms with Crippen LogP contribution < -0.4 is 0 Å². The highest BCUT2D eigenvalue weighted by molar-refractivity contribution is 6.03. The summed E-state index contributed by atoms with van der Waals surface area (Å²) in [5.41, 5.74) is 1.96. The van der Waals surface area contributed by atoms with Crippen LogP contribution >= 0.6 is 0 Å². The maximum atomic E-state index is 4.07. The highest BCUT2D eigenvalue weighted by Crippen LogP contribution is 2.20. The summed E-state index contributed by atoms with van der Waals surface area (Å²) >= 11 is 0. The summed E-state index contributed by atoms with van der Waals surface area (Å²) in [6.45, 7) is 0. The molecule has 2 aromatic heterocycles. The normalized spacial score (nSPS) is 11.3. The van der Waals surface area contributed by atoms with Gasteiger partial charge in [0.05, 0.1) is 5.52 Å². The molecule has 0 atom stereocenters. The van der Waals surface area contributed by atoms with E-state index in [1.807, 2.05) is 24.5 Å². The number of H-pyrrole nitrogens is 2. The van der Waals surface area contributed by atoms with Crippen molar-refractivity contribution in [2.45, 2.75) is 0 Å². The molecule has 0 saturated heterocycles. The molecule has 4 nitrogen and oxygen atoms in total. The van der Waals surface area contributed by atoms with E-state index in [2.05, 4.69) is 20.4 Å². The van der Waals surface area contributed by atoms with Gasteiger partial charge >= 0.3 is 0 Å². The molecule has 0 saturated carbocycles. The first-order valence-corrected chi connectivity index (χ1v) is 3.70. The van der Waals surface area contributed by atoms with E-state index in [-0.39, 0.29) is 0 Å². The molecule has 0 unspecified atom stereocenters. The van der Waals surface area contributed by atoms with E-state index in [0.717, 1.165) is 21.8 Å². The number of hydrogen-bond donors (Lipinski definition) is 2. The van der Waals surface area contributed by atoms with Gasteiger partial charge in [-0.25, -0.2) is 5.21 Å². The second kappa shape index (κ2) is 1.85. The van der Waals surface area contributed by atoms with Crippen molar-refractivity contribution >= 4 is 21.8 Å². The van der Waals surface area contributed by atoms with Crippen LogP contribution in [0.5, 0.6) is 0 Å². The monoisotopic (exact) mass is 158 g/mol. The Morgan fingerprint density at radius 1 is 1.17 bits per heavy atom. The molecule has 0 bridgehead atoms. The van der Waals surface area contributed by atoms with Gasteiger partial charge in [-0.15, -0.1) is 0 Å². The molecule has 0 aliphatic heterocycles. The fourth-order valence-corrected chi connectivity index (χ4v) is 1.44. The van der Waals surface area contributed by atoms with Crippen LogP contribution in [0.4, 0.5) is 0 Å². The Hall–Kier alpha value is -1.84. The minimum Gasteiger partial charge on any atom is -0.282 e. The minimum absolute atomic E-state index is 0.940. The van der Waals surface area contributed by atoms with E-state index in [4.69, 9.17) is 0 Å². The van der Waals surface area contributed by atoms with Crippen molar-refractivity contribution in [3.05, 3.63) is 24.5 Å². The SMILES string of the molecule is c1cc2n[nH][nH]c2c2cncc12. The molecule has 0 amide bonds. The lowest BCUT2D eigenvalue weighted by molar-refractivity contribution is 0.960. The van der Waals surface area contributed by atoms with Crippen molar-refractivity contribution in [2.75, 3.05) is 0 Å². The van der Waals surface area contributed by atoms with Crippen molar-refractivity contribution in [1.29, 1.82) is 0 Å². The van der Waals surface area contributed by atoms with Gasteiger partial charge in [0.25, 0.3) is 0 Å². The van der Waals surface area contributed by atoms with E-state index in [1.165, 1.54) is 0 Å². The lowest BCUT2D eigenvalue weighted by Crippen LogP contribution is -1.69. The second-order valence-corrected chi connectivity index (χ2v) is 2.72. The lowest BCUT2D eigenvalue weighted by Gasteiger charge is -1.88. The molecule has 0 radical (unpaired) electrons. The summed E-state index contributed by atoms with van der Waals surface area (Å²) in [7, 11) is 0. The van der Waals surface area contributed by atoms with Gasteiger partial charge < -0.3 is 0 Å². The van der Waals surface area contributed by atoms with Crippen molar-refractivity contribution < 1.29 is 0 Å². The van der Waals surface area contributed by atoms with Crippen LogP contribution in [0.25, 0.3) is 21.8 Å². The fourth-order valence-electron chi connectivity index (χ4n) is 1.44. The highest BCUT2D eigenvalue weighted by atomic mass is 15.3. The zero-order valence-electron chi connectivity index (χ0n) is 6.20. The Kier molecular flexibility index (Phi) is 0.889. The van der Waals surface area contributed by atoms with Gasteiger partial charge in [0.15, 0.2) is 0 Å². The van der Waals surface area contributed by atoms with Gasteiger partial charge in [-0.2, -0.15) is 5.10 Å². The Balaban J connectivity index is 2.71. The van der Waals surface area contributed by atoms with E-state index in [1.54, 1.807) is 0 Å².